The van der Waals surface area contributed by atoms with Gasteiger partial charge in [0.2, 0.25) is 5.91 Å². The molecule has 2 aliphatic rings. The molecule has 1 unspecified atom stereocenters. The molecule has 1 aromatic rings. The molecule has 5 heteroatoms. The van der Waals surface area contributed by atoms with Gasteiger partial charge in [-0.1, -0.05) is 0 Å². The van der Waals surface area contributed by atoms with Crippen LogP contribution in [-0.4, -0.2) is 32.2 Å². The molecule has 1 aromatic carbocycles. The number of methoxy groups -OCH3 is 1. The Balaban J connectivity index is 1.67. The van der Waals surface area contributed by atoms with Crippen LogP contribution in [0.25, 0.3) is 0 Å². The van der Waals surface area contributed by atoms with Crippen LogP contribution in [0.3, 0.4) is 0 Å². The fraction of sp³-hybridized carbons (Fsp3) is 0.588. The molecule has 0 aliphatic carbocycles. The molecule has 2 heterocycles. The fourth-order valence-corrected chi connectivity index (χ4v) is 3.22. The first-order valence-electron chi connectivity index (χ1n) is 8.02. The SMILES string of the molecule is COc1cc2c(cc1CNC(=O)C1CCNCC1)OC(C)C2. The number of carbonyl (C=O) groups is 1. The lowest BCUT2D eigenvalue weighted by Crippen LogP contribution is -2.37. The van der Waals surface area contributed by atoms with E-state index in [1.54, 1.807) is 7.11 Å². The van der Waals surface area contributed by atoms with Crippen LogP contribution in [0, 0.1) is 5.92 Å². The number of hydrogen-bond donors (Lipinski definition) is 2. The second kappa shape index (κ2) is 6.57. The van der Waals surface area contributed by atoms with Crippen molar-refractivity contribution in [1.29, 1.82) is 0 Å². The normalized spacial score (nSPS) is 21.1. The van der Waals surface area contributed by atoms with Crippen molar-refractivity contribution in [3.05, 3.63) is 23.3 Å². The van der Waals surface area contributed by atoms with Gasteiger partial charge in [0, 0.05) is 30.0 Å². The third-order valence-corrected chi connectivity index (χ3v) is 4.46. The van der Waals surface area contributed by atoms with Crippen molar-refractivity contribution >= 4 is 5.91 Å². The first-order valence-corrected chi connectivity index (χ1v) is 8.02. The summed E-state index contributed by atoms with van der Waals surface area (Å²) in [5.74, 6) is 2.00. The summed E-state index contributed by atoms with van der Waals surface area (Å²) in [5.41, 5.74) is 2.15. The summed E-state index contributed by atoms with van der Waals surface area (Å²) in [6.07, 6.45) is 2.94. The lowest BCUT2D eigenvalue weighted by atomic mass is 9.97. The van der Waals surface area contributed by atoms with Crippen molar-refractivity contribution in [2.24, 2.45) is 5.92 Å². The highest BCUT2D eigenvalue weighted by Crippen LogP contribution is 2.34. The number of ether oxygens (including phenoxy) is 2. The zero-order valence-electron chi connectivity index (χ0n) is 13.3. The lowest BCUT2D eigenvalue weighted by Gasteiger charge is -2.22. The van der Waals surface area contributed by atoms with E-state index in [9.17, 15) is 4.79 Å². The highest BCUT2D eigenvalue weighted by Gasteiger charge is 2.23. The maximum Gasteiger partial charge on any atom is 0.223 e. The van der Waals surface area contributed by atoms with E-state index in [4.69, 9.17) is 9.47 Å². The molecule has 1 saturated heterocycles. The number of rotatable bonds is 4. The third kappa shape index (κ3) is 3.19. The topological polar surface area (TPSA) is 59.6 Å². The van der Waals surface area contributed by atoms with E-state index in [0.717, 1.165) is 49.4 Å². The quantitative estimate of drug-likeness (QED) is 0.888. The van der Waals surface area contributed by atoms with Gasteiger partial charge < -0.3 is 20.1 Å². The van der Waals surface area contributed by atoms with Crippen molar-refractivity contribution in [2.45, 2.75) is 38.8 Å². The molecule has 0 spiro atoms. The molecule has 0 aromatic heterocycles. The molecule has 5 nitrogen and oxygen atoms in total. The summed E-state index contributed by atoms with van der Waals surface area (Å²) >= 11 is 0. The van der Waals surface area contributed by atoms with Crippen LogP contribution < -0.4 is 20.1 Å². The van der Waals surface area contributed by atoms with Gasteiger partial charge in [0.15, 0.2) is 0 Å². The predicted molar refractivity (Wildman–Crippen MR) is 84.2 cm³/mol. The molecule has 0 bridgehead atoms. The van der Waals surface area contributed by atoms with Gasteiger partial charge in [-0.25, -0.2) is 0 Å². The number of amides is 1. The Hall–Kier alpha value is -1.75. The van der Waals surface area contributed by atoms with Crippen LogP contribution >= 0.6 is 0 Å². The molecular formula is C17H24N2O3. The highest BCUT2D eigenvalue weighted by molar-refractivity contribution is 5.78. The fourth-order valence-electron chi connectivity index (χ4n) is 3.22. The molecule has 1 fully saturated rings. The second-order valence-electron chi connectivity index (χ2n) is 6.15. The van der Waals surface area contributed by atoms with Crippen molar-refractivity contribution < 1.29 is 14.3 Å². The first-order chi connectivity index (χ1) is 10.7. The zero-order valence-corrected chi connectivity index (χ0v) is 13.3. The van der Waals surface area contributed by atoms with Gasteiger partial charge in [0.05, 0.1) is 7.11 Å². The number of carbonyl (C=O) groups excluding carboxylic acids is 1. The predicted octanol–water partition coefficient (Wildman–Crippen LogP) is 1.63. The van der Waals surface area contributed by atoms with E-state index in [1.807, 2.05) is 12.1 Å². The summed E-state index contributed by atoms with van der Waals surface area (Å²) < 4.78 is 11.3. The van der Waals surface area contributed by atoms with Gasteiger partial charge in [-0.3, -0.25) is 4.79 Å². The lowest BCUT2D eigenvalue weighted by molar-refractivity contribution is -0.125. The Bertz CT molecular complexity index is 553. The number of hydrogen-bond acceptors (Lipinski definition) is 4. The molecule has 2 aliphatic heterocycles. The van der Waals surface area contributed by atoms with Gasteiger partial charge in [0.25, 0.3) is 0 Å². The van der Waals surface area contributed by atoms with E-state index >= 15 is 0 Å². The molecule has 120 valence electrons. The number of nitrogens with one attached hydrogen (secondary N) is 2. The van der Waals surface area contributed by atoms with Crippen molar-refractivity contribution in [1.82, 2.24) is 10.6 Å². The summed E-state index contributed by atoms with van der Waals surface area (Å²) in [6, 6.07) is 4.03. The van der Waals surface area contributed by atoms with Crippen LogP contribution in [0.5, 0.6) is 11.5 Å². The Morgan fingerprint density at radius 3 is 2.91 bits per heavy atom. The van der Waals surface area contributed by atoms with E-state index in [0.29, 0.717) is 6.54 Å². The van der Waals surface area contributed by atoms with Gasteiger partial charge >= 0.3 is 0 Å². The number of piperidine rings is 1. The number of benzene rings is 1. The van der Waals surface area contributed by atoms with E-state index in [2.05, 4.69) is 17.6 Å². The maximum atomic E-state index is 12.2. The summed E-state index contributed by atoms with van der Waals surface area (Å²) in [7, 11) is 1.67. The van der Waals surface area contributed by atoms with Gasteiger partial charge in [0.1, 0.15) is 17.6 Å². The monoisotopic (exact) mass is 304 g/mol. The molecule has 0 saturated carbocycles. The summed E-state index contributed by atoms with van der Waals surface area (Å²) in [5, 5.41) is 6.32. The summed E-state index contributed by atoms with van der Waals surface area (Å²) in [6.45, 7) is 4.39. The first kappa shape index (κ1) is 15.2. The number of fused-ring (bicyclic) bond motifs is 1. The minimum atomic E-state index is 0.123. The third-order valence-electron chi connectivity index (χ3n) is 4.46. The van der Waals surface area contributed by atoms with Crippen LogP contribution in [0.2, 0.25) is 0 Å². The molecule has 2 N–H and O–H groups in total. The molecule has 1 atom stereocenters. The van der Waals surface area contributed by atoms with E-state index in [-0.39, 0.29) is 17.9 Å². The van der Waals surface area contributed by atoms with Gasteiger partial charge in [-0.2, -0.15) is 0 Å². The molecule has 0 radical (unpaired) electrons. The molecule has 22 heavy (non-hydrogen) atoms. The van der Waals surface area contributed by atoms with Crippen LogP contribution in [0.15, 0.2) is 12.1 Å². The van der Waals surface area contributed by atoms with Gasteiger partial charge in [-0.05, 0) is 45.0 Å². The Labute approximate surface area is 131 Å². The highest BCUT2D eigenvalue weighted by atomic mass is 16.5. The summed E-state index contributed by atoms with van der Waals surface area (Å²) in [4.78, 5) is 12.2. The van der Waals surface area contributed by atoms with Crippen molar-refractivity contribution in [2.75, 3.05) is 20.2 Å². The Morgan fingerprint density at radius 2 is 2.18 bits per heavy atom. The van der Waals surface area contributed by atoms with E-state index < -0.39 is 0 Å². The second-order valence-corrected chi connectivity index (χ2v) is 6.15. The average molecular weight is 304 g/mol. The van der Waals surface area contributed by atoms with Crippen LogP contribution in [0.1, 0.15) is 30.9 Å². The average Bonchev–Trinajstić information content (AvgIpc) is 2.91. The van der Waals surface area contributed by atoms with Crippen molar-refractivity contribution in [3.63, 3.8) is 0 Å². The van der Waals surface area contributed by atoms with E-state index in [1.165, 1.54) is 5.56 Å². The molecular weight excluding hydrogens is 280 g/mol. The molecule has 1 amide bonds. The Kier molecular flexibility index (Phi) is 4.52. The van der Waals surface area contributed by atoms with Crippen LogP contribution in [0.4, 0.5) is 0 Å². The minimum absolute atomic E-state index is 0.123. The minimum Gasteiger partial charge on any atom is -0.496 e. The Morgan fingerprint density at radius 1 is 1.41 bits per heavy atom. The van der Waals surface area contributed by atoms with Crippen molar-refractivity contribution in [3.8, 4) is 11.5 Å². The smallest absolute Gasteiger partial charge is 0.223 e. The molecule has 3 rings (SSSR count). The van der Waals surface area contributed by atoms with Crippen LogP contribution in [-0.2, 0) is 17.8 Å². The van der Waals surface area contributed by atoms with Gasteiger partial charge in [-0.15, -0.1) is 0 Å². The standard InChI is InChI=1S/C17H24N2O3/c1-11-7-13-8-15(21-2)14(9-16(13)22-11)10-19-17(20)12-3-5-18-6-4-12/h8-9,11-12,18H,3-7,10H2,1-2H3,(H,19,20). The maximum absolute atomic E-state index is 12.2. The zero-order chi connectivity index (χ0) is 15.5. The largest absolute Gasteiger partial charge is 0.496 e.